The second kappa shape index (κ2) is 5.79. The number of carboxylic acid groups (broad SMARTS) is 1. The van der Waals surface area contributed by atoms with Crippen LogP contribution in [-0.2, 0) is 9.59 Å². The van der Waals surface area contributed by atoms with E-state index in [9.17, 15) is 18.4 Å². The molecule has 0 aliphatic carbocycles. The number of hydrogen-bond acceptors (Lipinski definition) is 2. The van der Waals surface area contributed by atoms with Crippen LogP contribution in [0.4, 0.5) is 8.78 Å². The van der Waals surface area contributed by atoms with Crippen LogP contribution in [0.2, 0.25) is 0 Å². The van der Waals surface area contributed by atoms with Gasteiger partial charge in [-0.25, -0.2) is 13.6 Å². The summed E-state index contributed by atoms with van der Waals surface area (Å²) in [4.78, 5) is 24.1. The molecule has 0 bridgehead atoms. The molecule has 1 fully saturated rings. The minimum Gasteiger partial charge on any atom is -0.479 e. The van der Waals surface area contributed by atoms with Gasteiger partial charge in [-0.3, -0.25) is 4.79 Å². The summed E-state index contributed by atoms with van der Waals surface area (Å²) in [6.07, 6.45) is -0.182. The number of likely N-dealkylation sites (tertiary alicyclic amines) is 1. The molecule has 1 N–H and O–H groups in total. The van der Waals surface area contributed by atoms with Crippen LogP contribution in [0.5, 0.6) is 0 Å². The number of halogens is 2. The first kappa shape index (κ1) is 15.4. The van der Waals surface area contributed by atoms with Crippen LogP contribution in [0, 0.1) is 5.82 Å². The Morgan fingerprint density at radius 2 is 2.10 bits per heavy atom. The van der Waals surface area contributed by atoms with Gasteiger partial charge in [0, 0.05) is 19.4 Å². The summed E-state index contributed by atoms with van der Waals surface area (Å²) in [5, 5.41) is 8.81. The maximum atomic E-state index is 13.9. The molecule has 1 heterocycles. The Kier molecular flexibility index (Phi) is 4.25. The van der Waals surface area contributed by atoms with E-state index in [1.165, 1.54) is 11.0 Å². The number of carbonyl (C=O) groups excluding carboxylic acids is 1. The van der Waals surface area contributed by atoms with Gasteiger partial charge < -0.3 is 10.0 Å². The highest BCUT2D eigenvalue weighted by Crippen LogP contribution is 2.28. The third-order valence-corrected chi connectivity index (χ3v) is 3.87. The van der Waals surface area contributed by atoms with E-state index in [0.717, 1.165) is 0 Å². The number of aliphatic carboxylic acids is 1. The van der Waals surface area contributed by atoms with Crippen LogP contribution < -0.4 is 0 Å². The molecular formula is C15H17F2NO3. The number of rotatable bonds is 4. The fourth-order valence-electron chi connectivity index (χ4n) is 2.54. The molecule has 0 saturated carbocycles. The smallest absolute Gasteiger partial charge is 0.343 e. The number of benzene rings is 1. The lowest BCUT2D eigenvalue weighted by Gasteiger charge is -2.20. The molecule has 1 aromatic rings. The van der Waals surface area contributed by atoms with Gasteiger partial charge in [-0.05, 0) is 17.5 Å². The molecule has 114 valence electrons. The van der Waals surface area contributed by atoms with Crippen molar-refractivity contribution in [1.82, 2.24) is 4.90 Å². The molecule has 0 radical (unpaired) electrons. The summed E-state index contributed by atoms with van der Waals surface area (Å²) in [6, 6.07) is 6.18. The molecule has 2 atom stereocenters. The standard InChI is InChI=1S/C15H17F2NO3/c1-10(11-4-2-3-5-12(11)16)8-13(19)18-7-6-15(17,9-18)14(20)21/h2-5,10H,6-9H2,1H3,(H,20,21)/t10-,15-/m1/s1. The predicted molar refractivity (Wildman–Crippen MR) is 72.1 cm³/mol. The van der Waals surface area contributed by atoms with Gasteiger partial charge >= 0.3 is 5.97 Å². The number of amides is 1. The van der Waals surface area contributed by atoms with Gasteiger partial charge in [0.15, 0.2) is 0 Å². The van der Waals surface area contributed by atoms with Crippen molar-refractivity contribution in [2.45, 2.75) is 31.4 Å². The SMILES string of the molecule is C[C@H](CC(=O)N1CC[C@](F)(C(=O)O)C1)c1ccccc1F. The van der Waals surface area contributed by atoms with Gasteiger partial charge in [-0.1, -0.05) is 25.1 Å². The van der Waals surface area contributed by atoms with Gasteiger partial charge in [0.2, 0.25) is 11.6 Å². The van der Waals surface area contributed by atoms with Crippen LogP contribution >= 0.6 is 0 Å². The lowest BCUT2D eigenvalue weighted by atomic mass is 9.96. The van der Waals surface area contributed by atoms with Crippen molar-refractivity contribution in [3.8, 4) is 0 Å². The average molecular weight is 297 g/mol. The van der Waals surface area contributed by atoms with Crippen LogP contribution in [-0.4, -0.2) is 40.6 Å². The molecular weight excluding hydrogens is 280 g/mol. The molecule has 1 saturated heterocycles. The van der Waals surface area contributed by atoms with E-state index in [1.807, 2.05) is 0 Å². The van der Waals surface area contributed by atoms with Crippen LogP contribution in [0.25, 0.3) is 0 Å². The van der Waals surface area contributed by atoms with Crippen molar-refractivity contribution < 1.29 is 23.5 Å². The minimum atomic E-state index is -2.36. The van der Waals surface area contributed by atoms with E-state index in [4.69, 9.17) is 5.11 Å². The molecule has 1 aromatic carbocycles. The monoisotopic (exact) mass is 297 g/mol. The van der Waals surface area contributed by atoms with E-state index in [1.54, 1.807) is 25.1 Å². The first-order chi connectivity index (χ1) is 9.83. The summed E-state index contributed by atoms with van der Waals surface area (Å²) in [7, 11) is 0. The Morgan fingerprint density at radius 1 is 1.43 bits per heavy atom. The van der Waals surface area contributed by atoms with E-state index < -0.39 is 18.2 Å². The third-order valence-electron chi connectivity index (χ3n) is 3.87. The quantitative estimate of drug-likeness (QED) is 0.928. The highest BCUT2D eigenvalue weighted by molar-refractivity contribution is 5.82. The van der Waals surface area contributed by atoms with Crippen molar-refractivity contribution >= 4 is 11.9 Å². The predicted octanol–water partition coefficient (Wildman–Crippen LogP) is 2.34. The Morgan fingerprint density at radius 3 is 2.67 bits per heavy atom. The Bertz CT molecular complexity index is 564. The van der Waals surface area contributed by atoms with Crippen LogP contribution in [0.1, 0.15) is 31.2 Å². The summed E-state index contributed by atoms with van der Waals surface area (Å²) >= 11 is 0. The van der Waals surface area contributed by atoms with Crippen molar-refractivity contribution in [3.63, 3.8) is 0 Å². The summed E-state index contributed by atoms with van der Waals surface area (Å²) in [5.74, 6) is -2.63. The Balaban J connectivity index is 2.00. The van der Waals surface area contributed by atoms with Crippen molar-refractivity contribution in [1.29, 1.82) is 0 Å². The molecule has 1 aliphatic rings. The molecule has 1 amide bonds. The second-order valence-corrected chi connectivity index (χ2v) is 5.46. The first-order valence-corrected chi connectivity index (χ1v) is 6.78. The Hall–Kier alpha value is -1.98. The summed E-state index contributed by atoms with van der Waals surface area (Å²) < 4.78 is 27.6. The average Bonchev–Trinajstić information content (AvgIpc) is 2.83. The van der Waals surface area contributed by atoms with E-state index in [-0.39, 0.29) is 37.0 Å². The van der Waals surface area contributed by atoms with E-state index in [2.05, 4.69) is 0 Å². The van der Waals surface area contributed by atoms with E-state index in [0.29, 0.717) is 5.56 Å². The second-order valence-electron chi connectivity index (χ2n) is 5.46. The number of hydrogen-bond donors (Lipinski definition) is 1. The first-order valence-electron chi connectivity index (χ1n) is 6.78. The van der Waals surface area contributed by atoms with Gasteiger partial charge in [0.1, 0.15) is 5.82 Å². The molecule has 21 heavy (non-hydrogen) atoms. The Labute approximate surface area is 121 Å². The fraction of sp³-hybridized carbons (Fsp3) is 0.467. The minimum absolute atomic E-state index is 0.0244. The molecule has 0 unspecified atom stereocenters. The number of nitrogens with zero attached hydrogens (tertiary/aromatic N) is 1. The fourth-order valence-corrected chi connectivity index (χ4v) is 2.54. The van der Waals surface area contributed by atoms with Crippen LogP contribution in [0.15, 0.2) is 24.3 Å². The zero-order chi connectivity index (χ0) is 15.6. The zero-order valence-corrected chi connectivity index (χ0v) is 11.7. The largest absolute Gasteiger partial charge is 0.479 e. The lowest BCUT2D eigenvalue weighted by molar-refractivity contribution is -0.150. The molecule has 4 nitrogen and oxygen atoms in total. The lowest BCUT2D eigenvalue weighted by Crippen LogP contribution is -2.39. The van der Waals surface area contributed by atoms with Crippen molar-refractivity contribution in [2.24, 2.45) is 0 Å². The normalized spacial score (nSPS) is 23.1. The maximum absolute atomic E-state index is 13.9. The molecule has 1 aliphatic heterocycles. The summed E-state index contributed by atoms with van der Waals surface area (Å²) in [6.45, 7) is 1.35. The van der Waals surface area contributed by atoms with Crippen LogP contribution in [0.3, 0.4) is 0 Å². The molecule has 0 spiro atoms. The number of carboxylic acids is 1. The van der Waals surface area contributed by atoms with E-state index >= 15 is 0 Å². The molecule has 6 heteroatoms. The summed E-state index contributed by atoms with van der Waals surface area (Å²) in [5.41, 5.74) is -1.94. The highest BCUT2D eigenvalue weighted by atomic mass is 19.1. The van der Waals surface area contributed by atoms with Gasteiger partial charge in [-0.2, -0.15) is 0 Å². The maximum Gasteiger partial charge on any atom is 0.343 e. The molecule has 0 aromatic heterocycles. The third kappa shape index (κ3) is 3.20. The number of carbonyl (C=O) groups is 2. The van der Waals surface area contributed by atoms with Crippen molar-refractivity contribution in [2.75, 3.05) is 13.1 Å². The topological polar surface area (TPSA) is 57.6 Å². The van der Waals surface area contributed by atoms with Gasteiger partial charge in [0.25, 0.3) is 0 Å². The van der Waals surface area contributed by atoms with Crippen molar-refractivity contribution in [3.05, 3.63) is 35.6 Å². The van der Waals surface area contributed by atoms with Gasteiger partial charge in [0.05, 0.1) is 6.54 Å². The van der Waals surface area contributed by atoms with Gasteiger partial charge in [-0.15, -0.1) is 0 Å². The number of alkyl halides is 1. The zero-order valence-electron chi connectivity index (χ0n) is 11.7. The highest BCUT2D eigenvalue weighted by Gasteiger charge is 2.46. The molecule has 2 rings (SSSR count).